The fourth-order valence-electron chi connectivity index (χ4n) is 2.09. The molecular weight excluding hydrogens is 260 g/mol. The van der Waals surface area contributed by atoms with Crippen molar-refractivity contribution in [3.63, 3.8) is 0 Å². The first-order valence-corrected chi connectivity index (χ1v) is 6.62. The van der Waals surface area contributed by atoms with Crippen molar-refractivity contribution in [2.75, 3.05) is 24.6 Å². The van der Waals surface area contributed by atoms with Gasteiger partial charge in [0.1, 0.15) is 12.3 Å². The Balaban J connectivity index is 2.20. The van der Waals surface area contributed by atoms with Gasteiger partial charge in [-0.05, 0) is 18.6 Å². The van der Waals surface area contributed by atoms with Crippen LogP contribution in [0.1, 0.15) is 13.3 Å². The summed E-state index contributed by atoms with van der Waals surface area (Å²) in [7, 11) is 0. The molecule has 1 aliphatic heterocycles. The molecule has 1 heterocycles. The Labute approximate surface area is 117 Å². The number of nitrogens with zero attached hydrogens (tertiary/aromatic N) is 1. The lowest BCUT2D eigenvalue weighted by molar-refractivity contribution is -0.129. The highest BCUT2D eigenvalue weighted by Crippen LogP contribution is 2.34. The molecule has 1 atom stereocenters. The molecule has 2 rings (SSSR count). The molecule has 2 N–H and O–H groups in total. The van der Waals surface area contributed by atoms with Gasteiger partial charge in [0.15, 0.2) is 6.10 Å². The number of para-hydroxylation sites is 2. The molecule has 2 amide bonds. The van der Waals surface area contributed by atoms with Gasteiger partial charge < -0.3 is 15.2 Å². The summed E-state index contributed by atoms with van der Waals surface area (Å²) >= 11 is 0. The normalized spacial score (nSPS) is 17.4. The van der Waals surface area contributed by atoms with Gasteiger partial charge in [-0.1, -0.05) is 19.1 Å². The average Bonchev–Trinajstić information content (AvgIpc) is 2.47. The Bertz CT molecular complexity index is 504. The Morgan fingerprint density at radius 1 is 1.45 bits per heavy atom. The summed E-state index contributed by atoms with van der Waals surface area (Å²) < 4.78 is 5.62. The SMILES string of the molecule is CC[C@H]1Oc2ccccc2N(CC(=O)NCCO)C1=O. The number of carbonyl (C=O) groups excluding carboxylic acids is 2. The molecule has 0 bridgehead atoms. The lowest BCUT2D eigenvalue weighted by Crippen LogP contribution is -2.49. The number of carbonyl (C=O) groups is 2. The van der Waals surface area contributed by atoms with E-state index in [-0.39, 0.29) is 31.5 Å². The standard InChI is InChI=1S/C14H18N2O4/c1-2-11-14(19)16(9-13(18)15-7-8-17)10-5-3-4-6-12(10)20-11/h3-6,11,17H,2,7-9H2,1H3,(H,15,18)/t11-/m1/s1. The van der Waals surface area contributed by atoms with E-state index in [9.17, 15) is 9.59 Å². The Kier molecular flexibility index (Phi) is 4.57. The van der Waals surface area contributed by atoms with Crippen molar-refractivity contribution in [3.8, 4) is 5.75 Å². The molecular formula is C14H18N2O4. The second-order valence-corrected chi connectivity index (χ2v) is 4.48. The number of aliphatic hydroxyl groups excluding tert-OH is 1. The second kappa shape index (κ2) is 6.38. The highest BCUT2D eigenvalue weighted by Gasteiger charge is 2.33. The largest absolute Gasteiger partial charge is 0.478 e. The van der Waals surface area contributed by atoms with Crippen LogP contribution in [-0.2, 0) is 9.59 Å². The highest BCUT2D eigenvalue weighted by atomic mass is 16.5. The molecule has 0 saturated carbocycles. The molecule has 0 unspecified atom stereocenters. The third kappa shape index (κ3) is 2.91. The van der Waals surface area contributed by atoms with E-state index < -0.39 is 6.10 Å². The van der Waals surface area contributed by atoms with Crippen LogP contribution in [0.4, 0.5) is 5.69 Å². The van der Waals surface area contributed by atoms with E-state index in [4.69, 9.17) is 9.84 Å². The molecule has 108 valence electrons. The van der Waals surface area contributed by atoms with Crippen LogP contribution in [0.15, 0.2) is 24.3 Å². The number of rotatable bonds is 5. The lowest BCUT2D eigenvalue weighted by Gasteiger charge is -2.33. The van der Waals surface area contributed by atoms with Crippen LogP contribution in [0.25, 0.3) is 0 Å². The number of hydrogen-bond acceptors (Lipinski definition) is 4. The summed E-state index contributed by atoms with van der Waals surface area (Å²) in [6, 6.07) is 7.15. The molecule has 20 heavy (non-hydrogen) atoms. The summed E-state index contributed by atoms with van der Waals surface area (Å²) in [6.07, 6.45) is -0.0161. The van der Waals surface area contributed by atoms with Crippen LogP contribution in [0, 0.1) is 0 Å². The third-order valence-electron chi connectivity index (χ3n) is 3.07. The number of nitrogens with one attached hydrogen (secondary N) is 1. The third-order valence-corrected chi connectivity index (χ3v) is 3.07. The van der Waals surface area contributed by atoms with Crippen LogP contribution in [0.3, 0.4) is 0 Å². The summed E-state index contributed by atoms with van der Waals surface area (Å²) in [5, 5.41) is 11.2. The van der Waals surface area contributed by atoms with Crippen molar-refractivity contribution in [1.29, 1.82) is 0 Å². The zero-order valence-corrected chi connectivity index (χ0v) is 11.3. The number of hydrogen-bond donors (Lipinski definition) is 2. The van der Waals surface area contributed by atoms with Crippen LogP contribution < -0.4 is 15.0 Å². The molecule has 6 heteroatoms. The van der Waals surface area contributed by atoms with Crippen LogP contribution in [-0.4, -0.2) is 42.7 Å². The van der Waals surface area contributed by atoms with E-state index in [0.717, 1.165) is 0 Å². The average molecular weight is 278 g/mol. The molecule has 0 saturated heterocycles. The maximum atomic E-state index is 12.3. The van der Waals surface area contributed by atoms with Gasteiger partial charge in [0.05, 0.1) is 12.3 Å². The fourth-order valence-corrected chi connectivity index (χ4v) is 2.09. The van der Waals surface area contributed by atoms with Gasteiger partial charge in [-0.2, -0.15) is 0 Å². The fraction of sp³-hybridized carbons (Fsp3) is 0.429. The lowest BCUT2D eigenvalue weighted by atomic mass is 10.1. The van der Waals surface area contributed by atoms with E-state index in [2.05, 4.69) is 5.32 Å². The highest BCUT2D eigenvalue weighted by molar-refractivity contribution is 6.03. The van der Waals surface area contributed by atoms with Crippen LogP contribution in [0.2, 0.25) is 0 Å². The first kappa shape index (κ1) is 14.3. The van der Waals surface area contributed by atoms with Gasteiger partial charge in [0, 0.05) is 6.54 Å². The predicted molar refractivity (Wildman–Crippen MR) is 73.6 cm³/mol. The zero-order chi connectivity index (χ0) is 14.5. The number of aliphatic hydroxyl groups is 1. The number of amides is 2. The second-order valence-electron chi connectivity index (χ2n) is 4.48. The van der Waals surface area contributed by atoms with Crippen LogP contribution >= 0.6 is 0 Å². The van der Waals surface area contributed by atoms with Gasteiger partial charge in [0.25, 0.3) is 5.91 Å². The molecule has 6 nitrogen and oxygen atoms in total. The van der Waals surface area contributed by atoms with E-state index in [0.29, 0.717) is 17.9 Å². The maximum Gasteiger partial charge on any atom is 0.268 e. The molecule has 0 radical (unpaired) electrons. The quantitative estimate of drug-likeness (QED) is 0.812. The van der Waals surface area contributed by atoms with E-state index in [1.807, 2.05) is 13.0 Å². The molecule has 1 aromatic carbocycles. The number of benzene rings is 1. The molecule has 1 aromatic rings. The van der Waals surface area contributed by atoms with E-state index >= 15 is 0 Å². The van der Waals surface area contributed by atoms with Gasteiger partial charge in [0.2, 0.25) is 5.91 Å². The molecule has 1 aliphatic rings. The van der Waals surface area contributed by atoms with Gasteiger partial charge in [-0.3, -0.25) is 14.5 Å². The number of fused-ring (bicyclic) bond motifs is 1. The van der Waals surface area contributed by atoms with Crippen molar-refractivity contribution >= 4 is 17.5 Å². The first-order valence-electron chi connectivity index (χ1n) is 6.62. The topological polar surface area (TPSA) is 78.9 Å². The van der Waals surface area contributed by atoms with Gasteiger partial charge in [-0.25, -0.2) is 0 Å². The van der Waals surface area contributed by atoms with Crippen molar-refractivity contribution in [2.24, 2.45) is 0 Å². The molecule has 0 aromatic heterocycles. The van der Waals surface area contributed by atoms with Crippen LogP contribution in [0.5, 0.6) is 5.75 Å². The number of anilines is 1. The Morgan fingerprint density at radius 2 is 2.20 bits per heavy atom. The first-order chi connectivity index (χ1) is 9.67. The minimum Gasteiger partial charge on any atom is -0.478 e. The van der Waals surface area contributed by atoms with Crippen molar-refractivity contribution < 1.29 is 19.4 Å². The molecule has 0 aliphatic carbocycles. The van der Waals surface area contributed by atoms with Crippen molar-refractivity contribution in [1.82, 2.24) is 5.32 Å². The van der Waals surface area contributed by atoms with Crippen molar-refractivity contribution in [3.05, 3.63) is 24.3 Å². The minimum atomic E-state index is -0.560. The Morgan fingerprint density at radius 3 is 2.90 bits per heavy atom. The van der Waals surface area contributed by atoms with Gasteiger partial charge >= 0.3 is 0 Å². The monoisotopic (exact) mass is 278 g/mol. The van der Waals surface area contributed by atoms with E-state index in [1.54, 1.807) is 18.2 Å². The van der Waals surface area contributed by atoms with E-state index in [1.165, 1.54) is 4.90 Å². The molecule has 0 fully saturated rings. The van der Waals surface area contributed by atoms with Crippen molar-refractivity contribution in [2.45, 2.75) is 19.4 Å². The number of ether oxygens (including phenoxy) is 1. The summed E-state index contributed by atoms with van der Waals surface area (Å²) in [6.45, 7) is 1.84. The minimum absolute atomic E-state index is 0.0737. The summed E-state index contributed by atoms with van der Waals surface area (Å²) in [5.74, 6) is 0.0817. The predicted octanol–water partition coefficient (Wildman–Crippen LogP) is 0.299. The zero-order valence-electron chi connectivity index (χ0n) is 11.3. The molecule has 0 spiro atoms. The maximum absolute atomic E-state index is 12.3. The summed E-state index contributed by atoms with van der Waals surface area (Å²) in [4.78, 5) is 25.5. The summed E-state index contributed by atoms with van der Waals surface area (Å²) in [5.41, 5.74) is 0.598. The van der Waals surface area contributed by atoms with Gasteiger partial charge in [-0.15, -0.1) is 0 Å². The smallest absolute Gasteiger partial charge is 0.268 e. The Hall–Kier alpha value is -2.08.